The number of rotatable bonds is 2. The largest absolute Gasteiger partial charge is 0.508 e. The lowest BCUT2D eigenvalue weighted by Crippen LogP contribution is -2.38. The molecule has 2 heterocycles. The summed E-state index contributed by atoms with van der Waals surface area (Å²) in [6.45, 7) is 7.59. The van der Waals surface area contributed by atoms with E-state index in [4.69, 9.17) is 4.74 Å². The molecule has 3 heteroatoms. The highest BCUT2D eigenvalue weighted by Crippen LogP contribution is 2.33. The van der Waals surface area contributed by atoms with Crippen LogP contribution in [0.25, 0.3) is 0 Å². The first-order chi connectivity index (χ1) is 9.15. The van der Waals surface area contributed by atoms with Crippen molar-refractivity contribution in [1.29, 1.82) is 0 Å². The van der Waals surface area contributed by atoms with Gasteiger partial charge in [-0.25, -0.2) is 0 Å². The van der Waals surface area contributed by atoms with Crippen LogP contribution in [0.5, 0.6) is 5.75 Å². The first-order valence-electron chi connectivity index (χ1n) is 7.32. The van der Waals surface area contributed by atoms with Gasteiger partial charge in [-0.15, -0.1) is 0 Å². The smallest absolute Gasteiger partial charge is 0.115 e. The Hall–Kier alpha value is -1.06. The van der Waals surface area contributed by atoms with Gasteiger partial charge < -0.3 is 9.84 Å². The molecular weight excluding hydrogens is 238 g/mol. The number of hydrogen-bond acceptors (Lipinski definition) is 3. The summed E-state index contributed by atoms with van der Waals surface area (Å²) in [5, 5.41) is 9.57. The molecule has 0 radical (unpaired) electrons. The van der Waals surface area contributed by atoms with E-state index in [9.17, 15) is 5.11 Å². The van der Waals surface area contributed by atoms with Crippen molar-refractivity contribution in [1.82, 2.24) is 4.90 Å². The van der Waals surface area contributed by atoms with Gasteiger partial charge in [-0.1, -0.05) is 6.07 Å². The number of nitrogens with zero attached hydrogens (tertiary/aromatic N) is 1. The Labute approximate surface area is 115 Å². The first kappa shape index (κ1) is 12.9. The average Bonchev–Trinajstić information content (AvgIpc) is 2.78. The molecular formula is C16H23NO2. The number of phenolic OH excluding ortho intramolecular Hbond substituents is 1. The van der Waals surface area contributed by atoms with Gasteiger partial charge in [0.25, 0.3) is 0 Å². The number of hydrogen-bond donors (Lipinski definition) is 1. The molecule has 1 aromatic rings. The molecule has 0 amide bonds. The molecule has 1 saturated heterocycles. The Morgan fingerprint density at radius 2 is 2.21 bits per heavy atom. The molecule has 0 aromatic heterocycles. The van der Waals surface area contributed by atoms with E-state index in [1.807, 2.05) is 6.07 Å². The second kappa shape index (κ2) is 5.14. The molecule has 1 fully saturated rings. The SMILES string of the molecule is CC1OCCC1CN1CCc2cc(O)ccc2C1C. The normalized spacial score (nSPS) is 31.4. The fraction of sp³-hybridized carbons (Fsp3) is 0.625. The van der Waals surface area contributed by atoms with E-state index in [0.29, 0.717) is 23.8 Å². The standard InChI is InChI=1S/C16H23NO2/c1-11-16-4-3-15(18)9-13(16)5-7-17(11)10-14-6-8-19-12(14)2/h3-4,9,11-12,14,18H,5-8,10H2,1-2H3. The van der Waals surface area contributed by atoms with Gasteiger partial charge in [0.05, 0.1) is 6.10 Å². The Bertz CT molecular complexity index is 460. The molecule has 3 unspecified atom stereocenters. The zero-order chi connectivity index (χ0) is 13.4. The first-order valence-corrected chi connectivity index (χ1v) is 7.32. The molecule has 0 saturated carbocycles. The van der Waals surface area contributed by atoms with Gasteiger partial charge in [-0.2, -0.15) is 0 Å². The summed E-state index contributed by atoms with van der Waals surface area (Å²) in [6, 6.07) is 6.25. The van der Waals surface area contributed by atoms with Crippen LogP contribution in [0.1, 0.15) is 37.4 Å². The van der Waals surface area contributed by atoms with Crippen LogP contribution in [0.2, 0.25) is 0 Å². The second-order valence-electron chi connectivity index (χ2n) is 5.93. The van der Waals surface area contributed by atoms with Gasteiger partial charge in [0.1, 0.15) is 5.75 Å². The van der Waals surface area contributed by atoms with Crippen molar-refractivity contribution in [3.8, 4) is 5.75 Å². The zero-order valence-electron chi connectivity index (χ0n) is 11.8. The number of phenols is 1. The van der Waals surface area contributed by atoms with E-state index in [2.05, 4.69) is 24.8 Å². The molecule has 0 aliphatic carbocycles. The van der Waals surface area contributed by atoms with E-state index < -0.39 is 0 Å². The van der Waals surface area contributed by atoms with Gasteiger partial charge in [0, 0.05) is 25.7 Å². The van der Waals surface area contributed by atoms with Gasteiger partial charge in [-0.05, 0) is 55.9 Å². The van der Waals surface area contributed by atoms with Gasteiger partial charge >= 0.3 is 0 Å². The minimum absolute atomic E-state index is 0.386. The van der Waals surface area contributed by atoms with Crippen molar-refractivity contribution in [2.75, 3.05) is 19.7 Å². The fourth-order valence-corrected chi connectivity index (χ4v) is 3.44. The molecule has 3 atom stereocenters. The molecule has 1 aromatic carbocycles. The zero-order valence-corrected chi connectivity index (χ0v) is 11.8. The predicted molar refractivity (Wildman–Crippen MR) is 75.3 cm³/mol. The quantitative estimate of drug-likeness (QED) is 0.888. The highest BCUT2D eigenvalue weighted by atomic mass is 16.5. The highest BCUT2D eigenvalue weighted by molar-refractivity contribution is 5.38. The lowest BCUT2D eigenvalue weighted by molar-refractivity contribution is 0.0829. The van der Waals surface area contributed by atoms with Crippen molar-refractivity contribution >= 4 is 0 Å². The van der Waals surface area contributed by atoms with Crippen LogP contribution in [0.15, 0.2) is 18.2 Å². The Kier molecular flexibility index (Phi) is 3.50. The average molecular weight is 261 g/mol. The molecule has 3 rings (SSSR count). The molecule has 0 bridgehead atoms. The summed E-state index contributed by atoms with van der Waals surface area (Å²) < 4.78 is 5.67. The van der Waals surface area contributed by atoms with Gasteiger partial charge in [-0.3, -0.25) is 4.90 Å². The second-order valence-corrected chi connectivity index (χ2v) is 5.93. The maximum atomic E-state index is 9.57. The summed E-state index contributed by atoms with van der Waals surface area (Å²) in [7, 11) is 0. The van der Waals surface area contributed by atoms with Crippen LogP contribution < -0.4 is 0 Å². The van der Waals surface area contributed by atoms with Crippen LogP contribution in [0.3, 0.4) is 0 Å². The molecule has 104 valence electrons. The molecule has 19 heavy (non-hydrogen) atoms. The van der Waals surface area contributed by atoms with Crippen LogP contribution in [0, 0.1) is 5.92 Å². The van der Waals surface area contributed by atoms with E-state index in [0.717, 1.165) is 26.1 Å². The van der Waals surface area contributed by atoms with E-state index in [1.165, 1.54) is 17.5 Å². The lowest BCUT2D eigenvalue weighted by atomic mass is 9.91. The van der Waals surface area contributed by atoms with Crippen molar-refractivity contribution in [3.63, 3.8) is 0 Å². The van der Waals surface area contributed by atoms with Crippen molar-refractivity contribution < 1.29 is 9.84 Å². The fourth-order valence-electron chi connectivity index (χ4n) is 3.44. The molecule has 0 spiro atoms. The maximum absolute atomic E-state index is 9.57. The van der Waals surface area contributed by atoms with Gasteiger partial charge in [0.2, 0.25) is 0 Å². The number of fused-ring (bicyclic) bond motifs is 1. The third-order valence-corrected chi connectivity index (χ3v) is 4.79. The number of aromatic hydroxyl groups is 1. The molecule has 2 aliphatic heterocycles. The predicted octanol–water partition coefficient (Wildman–Crippen LogP) is 2.74. The highest BCUT2D eigenvalue weighted by Gasteiger charge is 2.30. The summed E-state index contributed by atoms with van der Waals surface area (Å²) in [6.07, 6.45) is 2.62. The van der Waals surface area contributed by atoms with Crippen LogP contribution in [-0.4, -0.2) is 35.8 Å². The van der Waals surface area contributed by atoms with Crippen LogP contribution in [0.4, 0.5) is 0 Å². The lowest BCUT2D eigenvalue weighted by Gasteiger charge is -2.37. The van der Waals surface area contributed by atoms with Crippen LogP contribution in [-0.2, 0) is 11.2 Å². The third kappa shape index (κ3) is 2.49. The topological polar surface area (TPSA) is 32.7 Å². The van der Waals surface area contributed by atoms with E-state index >= 15 is 0 Å². The van der Waals surface area contributed by atoms with Crippen molar-refractivity contribution in [2.24, 2.45) is 5.92 Å². The Balaban J connectivity index is 1.74. The summed E-state index contributed by atoms with van der Waals surface area (Å²) >= 11 is 0. The minimum atomic E-state index is 0.386. The third-order valence-electron chi connectivity index (χ3n) is 4.79. The summed E-state index contributed by atoms with van der Waals surface area (Å²) in [4.78, 5) is 2.56. The summed E-state index contributed by atoms with van der Waals surface area (Å²) in [5.74, 6) is 1.05. The molecule has 3 nitrogen and oxygen atoms in total. The van der Waals surface area contributed by atoms with E-state index in [-0.39, 0.29) is 0 Å². The molecule has 1 N–H and O–H groups in total. The Morgan fingerprint density at radius 3 is 2.95 bits per heavy atom. The molecule has 2 aliphatic rings. The monoisotopic (exact) mass is 261 g/mol. The van der Waals surface area contributed by atoms with E-state index in [1.54, 1.807) is 6.07 Å². The Morgan fingerprint density at radius 1 is 1.37 bits per heavy atom. The van der Waals surface area contributed by atoms with Crippen molar-refractivity contribution in [2.45, 2.75) is 38.8 Å². The minimum Gasteiger partial charge on any atom is -0.508 e. The maximum Gasteiger partial charge on any atom is 0.115 e. The van der Waals surface area contributed by atoms with Gasteiger partial charge in [0.15, 0.2) is 0 Å². The number of ether oxygens (including phenoxy) is 1. The van der Waals surface area contributed by atoms with Crippen LogP contribution >= 0.6 is 0 Å². The summed E-state index contributed by atoms with van der Waals surface area (Å²) in [5.41, 5.74) is 2.68. The van der Waals surface area contributed by atoms with Crippen molar-refractivity contribution in [3.05, 3.63) is 29.3 Å². The number of benzene rings is 1.